The van der Waals surface area contributed by atoms with Crippen molar-refractivity contribution in [2.24, 2.45) is 0 Å². The predicted molar refractivity (Wildman–Crippen MR) is 77.6 cm³/mol. The molecule has 0 heterocycles. The molecule has 0 amide bonds. The maximum absolute atomic E-state index is 13.0. The topological polar surface area (TPSA) is 9.23 Å². The van der Waals surface area contributed by atoms with E-state index in [0.29, 0.717) is 11.1 Å². The molecule has 0 radical (unpaired) electrons. The van der Waals surface area contributed by atoms with Crippen molar-refractivity contribution in [2.75, 3.05) is 0 Å². The van der Waals surface area contributed by atoms with Crippen molar-refractivity contribution < 1.29 is 9.13 Å². The SMILES string of the molecule is Fc1ccc(COc2ccc(I)cc2)cc1Br. The van der Waals surface area contributed by atoms with Gasteiger partial charge in [0.05, 0.1) is 4.47 Å². The molecule has 2 aromatic carbocycles. The van der Waals surface area contributed by atoms with Crippen molar-refractivity contribution in [3.8, 4) is 5.75 Å². The van der Waals surface area contributed by atoms with E-state index in [1.54, 1.807) is 12.1 Å². The van der Waals surface area contributed by atoms with Crippen LogP contribution in [0, 0.1) is 9.39 Å². The summed E-state index contributed by atoms with van der Waals surface area (Å²) in [5, 5.41) is 0. The number of hydrogen-bond acceptors (Lipinski definition) is 1. The molecule has 1 nitrogen and oxygen atoms in total. The average molecular weight is 407 g/mol. The number of halogens is 3. The Morgan fingerprint density at radius 1 is 1.12 bits per heavy atom. The summed E-state index contributed by atoms with van der Waals surface area (Å²) in [6.45, 7) is 0.430. The quantitative estimate of drug-likeness (QED) is 0.667. The fourth-order valence-corrected chi connectivity index (χ4v) is 2.11. The highest BCUT2D eigenvalue weighted by molar-refractivity contribution is 14.1. The lowest BCUT2D eigenvalue weighted by atomic mass is 10.2. The zero-order chi connectivity index (χ0) is 12.3. The monoisotopic (exact) mass is 406 g/mol. The number of rotatable bonds is 3. The maximum atomic E-state index is 13.0. The smallest absolute Gasteiger partial charge is 0.137 e. The first-order valence-electron chi connectivity index (χ1n) is 4.97. The Morgan fingerprint density at radius 3 is 2.47 bits per heavy atom. The predicted octanol–water partition coefficient (Wildman–Crippen LogP) is 4.77. The molecule has 0 bridgehead atoms. The van der Waals surface area contributed by atoms with E-state index >= 15 is 0 Å². The van der Waals surface area contributed by atoms with Gasteiger partial charge in [-0.15, -0.1) is 0 Å². The Labute approximate surface area is 121 Å². The molecule has 2 rings (SSSR count). The van der Waals surface area contributed by atoms with E-state index in [0.717, 1.165) is 11.3 Å². The fourth-order valence-electron chi connectivity index (χ4n) is 1.33. The standard InChI is InChI=1S/C13H9BrFIO/c14-12-7-9(1-6-13(12)15)8-17-11-4-2-10(16)3-5-11/h1-7H,8H2. The van der Waals surface area contributed by atoms with Crippen LogP contribution in [0.2, 0.25) is 0 Å². The summed E-state index contributed by atoms with van der Waals surface area (Å²) in [5.41, 5.74) is 0.928. The summed E-state index contributed by atoms with van der Waals surface area (Å²) in [5.74, 6) is 0.550. The van der Waals surface area contributed by atoms with E-state index in [9.17, 15) is 4.39 Å². The third kappa shape index (κ3) is 3.67. The first kappa shape index (κ1) is 12.8. The Morgan fingerprint density at radius 2 is 1.82 bits per heavy atom. The Bertz CT molecular complexity index is 513. The third-order valence-corrected chi connectivity index (χ3v) is 3.53. The normalized spacial score (nSPS) is 10.3. The molecule has 0 aliphatic carbocycles. The van der Waals surface area contributed by atoms with E-state index in [1.165, 1.54) is 9.64 Å². The summed E-state index contributed by atoms with van der Waals surface area (Å²) >= 11 is 5.39. The summed E-state index contributed by atoms with van der Waals surface area (Å²) in [6, 6.07) is 12.7. The first-order chi connectivity index (χ1) is 8.15. The average Bonchev–Trinajstić information content (AvgIpc) is 2.33. The molecule has 0 aromatic heterocycles. The zero-order valence-electron chi connectivity index (χ0n) is 8.79. The van der Waals surface area contributed by atoms with Crippen molar-refractivity contribution in [3.05, 3.63) is 61.9 Å². The lowest BCUT2D eigenvalue weighted by Gasteiger charge is -2.07. The molecule has 0 saturated heterocycles. The van der Waals surface area contributed by atoms with Crippen molar-refractivity contribution in [3.63, 3.8) is 0 Å². The van der Waals surface area contributed by atoms with Gasteiger partial charge >= 0.3 is 0 Å². The van der Waals surface area contributed by atoms with Crippen LogP contribution in [0.4, 0.5) is 4.39 Å². The van der Waals surface area contributed by atoms with Crippen LogP contribution in [-0.2, 0) is 6.61 Å². The molecule has 17 heavy (non-hydrogen) atoms. The van der Waals surface area contributed by atoms with Crippen LogP contribution in [0.1, 0.15) is 5.56 Å². The second kappa shape index (κ2) is 5.82. The molecule has 88 valence electrons. The van der Waals surface area contributed by atoms with Crippen LogP contribution >= 0.6 is 38.5 Å². The van der Waals surface area contributed by atoms with Crippen LogP contribution in [0.3, 0.4) is 0 Å². The molecular weight excluding hydrogens is 398 g/mol. The van der Waals surface area contributed by atoms with Crippen LogP contribution in [0.25, 0.3) is 0 Å². The molecule has 0 atom stereocenters. The molecule has 2 aromatic rings. The lowest BCUT2D eigenvalue weighted by molar-refractivity contribution is 0.306. The van der Waals surface area contributed by atoms with Gasteiger partial charge in [0.25, 0.3) is 0 Å². The highest BCUT2D eigenvalue weighted by Crippen LogP contribution is 2.19. The molecular formula is C13H9BrFIO. The summed E-state index contributed by atoms with van der Waals surface area (Å²) in [4.78, 5) is 0. The molecule has 0 aliphatic rings. The van der Waals surface area contributed by atoms with Crippen molar-refractivity contribution >= 4 is 38.5 Å². The van der Waals surface area contributed by atoms with Gasteiger partial charge in [0.15, 0.2) is 0 Å². The molecule has 0 fully saturated rings. The Hall–Kier alpha value is -0.620. The molecule has 0 saturated carbocycles. The van der Waals surface area contributed by atoms with Gasteiger partial charge in [-0.05, 0) is 80.5 Å². The summed E-state index contributed by atoms with van der Waals surface area (Å²) < 4.78 is 20.2. The van der Waals surface area contributed by atoms with Crippen molar-refractivity contribution in [1.82, 2.24) is 0 Å². The van der Waals surface area contributed by atoms with Gasteiger partial charge in [0.1, 0.15) is 18.2 Å². The fraction of sp³-hybridized carbons (Fsp3) is 0.0769. The molecule has 0 N–H and O–H groups in total. The van der Waals surface area contributed by atoms with Gasteiger partial charge in [-0.3, -0.25) is 0 Å². The number of benzene rings is 2. The van der Waals surface area contributed by atoms with E-state index in [4.69, 9.17) is 4.74 Å². The van der Waals surface area contributed by atoms with Crippen molar-refractivity contribution in [1.29, 1.82) is 0 Å². The second-order valence-corrected chi connectivity index (χ2v) is 5.59. The molecule has 0 unspecified atom stereocenters. The van der Waals surface area contributed by atoms with E-state index in [2.05, 4.69) is 38.5 Å². The van der Waals surface area contributed by atoms with Crippen LogP contribution in [-0.4, -0.2) is 0 Å². The minimum Gasteiger partial charge on any atom is -0.489 e. The molecule has 4 heteroatoms. The summed E-state index contributed by atoms with van der Waals surface area (Å²) in [6.07, 6.45) is 0. The van der Waals surface area contributed by atoms with E-state index in [1.807, 2.05) is 24.3 Å². The van der Waals surface area contributed by atoms with Gasteiger partial charge in [-0.1, -0.05) is 6.07 Å². The largest absolute Gasteiger partial charge is 0.489 e. The number of hydrogen-bond donors (Lipinski definition) is 0. The van der Waals surface area contributed by atoms with Gasteiger partial charge < -0.3 is 4.74 Å². The third-order valence-electron chi connectivity index (χ3n) is 2.20. The van der Waals surface area contributed by atoms with Gasteiger partial charge in [-0.2, -0.15) is 0 Å². The molecule has 0 spiro atoms. The first-order valence-corrected chi connectivity index (χ1v) is 6.84. The zero-order valence-corrected chi connectivity index (χ0v) is 12.5. The van der Waals surface area contributed by atoms with Crippen LogP contribution < -0.4 is 4.74 Å². The van der Waals surface area contributed by atoms with E-state index < -0.39 is 0 Å². The highest BCUT2D eigenvalue weighted by Gasteiger charge is 2.01. The highest BCUT2D eigenvalue weighted by atomic mass is 127. The lowest BCUT2D eigenvalue weighted by Crippen LogP contribution is -1.95. The number of ether oxygens (including phenoxy) is 1. The summed E-state index contributed by atoms with van der Waals surface area (Å²) in [7, 11) is 0. The van der Waals surface area contributed by atoms with Gasteiger partial charge in [0, 0.05) is 3.57 Å². The van der Waals surface area contributed by atoms with Crippen molar-refractivity contribution in [2.45, 2.75) is 6.61 Å². The second-order valence-electron chi connectivity index (χ2n) is 3.49. The minimum absolute atomic E-state index is 0.261. The Balaban J connectivity index is 2.02. The van der Waals surface area contributed by atoms with Crippen LogP contribution in [0.5, 0.6) is 5.75 Å². The van der Waals surface area contributed by atoms with E-state index in [-0.39, 0.29) is 5.82 Å². The Kier molecular flexibility index (Phi) is 4.39. The minimum atomic E-state index is -0.261. The van der Waals surface area contributed by atoms with Gasteiger partial charge in [0.2, 0.25) is 0 Å². The van der Waals surface area contributed by atoms with Crippen LogP contribution in [0.15, 0.2) is 46.9 Å². The maximum Gasteiger partial charge on any atom is 0.137 e. The van der Waals surface area contributed by atoms with Gasteiger partial charge in [-0.25, -0.2) is 4.39 Å². The molecule has 0 aliphatic heterocycles.